The van der Waals surface area contributed by atoms with Crippen LogP contribution in [0.25, 0.3) is 0 Å². The molecule has 0 aliphatic heterocycles. The molecule has 0 radical (unpaired) electrons. The highest BCUT2D eigenvalue weighted by atomic mass is 32.1. The average molecular weight is 252 g/mol. The van der Waals surface area contributed by atoms with Gasteiger partial charge in [-0.25, -0.2) is 0 Å². The summed E-state index contributed by atoms with van der Waals surface area (Å²) < 4.78 is 0. The molecule has 5 heteroatoms. The van der Waals surface area contributed by atoms with E-state index in [-0.39, 0.29) is 17.6 Å². The van der Waals surface area contributed by atoms with Crippen LogP contribution in [0.15, 0.2) is 24.3 Å². The number of benzene rings is 1. The van der Waals surface area contributed by atoms with Gasteiger partial charge >= 0.3 is 5.97 Å². The molecule has 0 saturated carbocycles. The molecular formula is C12H16N2O2S. The minimum atomic E-state index is -0.901. The van der Waals surface area contributed by atoms with Crippen LogP contribution in [0.5, 0.6) is 0 Å². The third-order valence-corrected chi connectivity index (χ3v) is 2.80. The molecule has 1 unspecified atom stereocenters. The zero-order valence-corrected chi connectivity index (χ0v) is 10.7. The van der Waals surface area contributed by atoms with E-state index in [0.29, 0.717) is 0 Å². The molecule has 0 aliphatic carbocycles. The van der Waals surface area contributed by atoms with Gasteiger partial charge in [-0.3, -0.25) is 9.69 Å². The summed E-state index contributed by atoms with van der Waals surface area (Å²) in [5.41, 5.74) is 7.70. The number of rotatable bonds is 5. The van der Waals surface area contributed by atoms with Crippen molar-refractivity contribution in [2.45, 2.75) is 13.0 Å². The van der Waals surface area contributed by atoms with Gasteiger partial charge in [-0.05, 0) is 25.1 Å². The summed E-state index contributed by atoms with van der Waals surface area (Å²) in [6.07, 6.45) is 0. The smallest absolute Gasteiger partial charge is 0.317 e. The molecule has 1 aromatic rings. The van der Waals surface area contributed by atoms with Crippen LogP contribution < -0.4 is 5.73 Å². The first-order valence-corrected chi connectivity index (χ1v) is 5.61. The first kappa shape index (κ1) is 13.6. The van der Waals surface area contributed by atoms with Crippen LogP contribution in [0.4, 0.5) is 0 Å². The number of hydrogen-bond donors (Lipinski definition) is 2. The fraction of sp³-hybridized carbons (Fsp3) is 0.333. The van der Waals surface area contributed by atoms with Gasteiger partial charge in [0.2, 0.25) is 0 Å². The molecule has 0 aromatic heterocycles. The summed E-state index contributed by atoms with van der Waals surface area (Å²) >= 11 is 5.03. The number of hydrogen-bond acceptors (Lipinski definition) is 3. The van der Waals surface area contributed by atoms with E-state index in [1.807, 2.05) is 31.2 Å². The van der Waals surface area contributed by atoms with Crippen molar-refractivity contribution in [3.63, 3.8) is 0 Å². The van der Waals surface area contributed by atoms with Crippen LogP contribution in [0.3, 0.4) is 0 Å². The monoisotopic (exact) mass is 252 g/mol. The molecule has 0 fully saturated rings. The van der Waals surface area contributed by atoms with Gasteiger partial charge in [-0.15, -0.1) is 0 Å². The quantitative estimate of drug-likeness (QED) is 0.774. The fourth-order valence-electron chi connectivity index (χ4n) is 1.81. The van der Waals surface area contributed by atoms with Crippen molar-refractivity contribution in [1.82, 2.24) is 4.90 Å². The Labute approximate surface area is 106 Å². The lowest BCUT2D eigenvalue weighted by Gasteiger charge is -2.27. The zero-order valence-electron chi connectivity index (χ0n) is 9.88. The second-order valence-electron chi connectivity index (χ2n) is 3.97. The second kappa shape index (κ2) is 5.75. The molecule has 1 rings (SSSR count). The Morgan fingerprint density at radius 3 is 2.59 bits per heavy atom. The Morgan fingerprint density at radius 1 is 1.53 bits per heavy atom. The number of likely N-dealkylation sites (N-methyl/N-ethyl adjacent to an activating group) is 1. The largest absolute Gasteiger partial charge is 0.480 e. The standard InChI is InChI=1S/C12H16N2O2S/c1-8-5-3-4-6-9(8)11(12(13)17)14(2)7-10(15)16/h3-6,11H,7H2,1-2H3,(H2,13,17)(H,15,16). The number of nitrogens with zero attached hydrogens (tertiary/aromatic N) is 1. The van der Waals surface area contributed by atoms with Crippen LogP contribution in [0.2, 0.25) is 0 Å². The van der Waals surface area contributed by atoms with E-state index in [1.54, 1.807) is 11.9 Å². The Balaban J connectivity index is 3.06. The third kappa shape index (κ3) is 3.51. The maximum absolute atomic E-state index is 10.7. The average Bonchev–Trinajstić information content (AvgIpc) is 2.19. The van der Waals surface area contributed by atoms with E-state index in [4.69, 9.17) is 23.1 Å². The second-order valence-corrected chi connectivity index (χ2v) is 4.44. The summed E-state index contributed by atoms with van der Waals surface area (Å²) in [4.78, 5) is 12.6. The van der Waals surface area contributed by atoms with Crippen molar-refractivity contribution in [2.24, 2.45) is 5.73 Å². The molecule has 0 amide bonds. The van der Waals surface area contributed by atoms with Crippen molar-refractivity contribution < 1.29 is 9.90 Å². The number of aryl methyl sites for hydroxylation is 1. The molecule has 0 spiro atoms. The summed E-state index contributed by atoms with van der Waals surface area (Å²) in [7, 11) is 1.70. The lowest BCUT2D eigenvalue weighted by atomic mass is 10.0. The molecule has 92 valence electrons. The van der Waals surface area contributed by atoms with Crippen LogP contribution in [0.1, 0.15) is 17.2 Å². The Morgan fingerprint density at radius 2 is 2.12 bits per heavy atom. The van der Waals surface area contributed by atoms with E-state index in [1.165, 1.54) is 0 Å². The van der Waals surface area contributed by atoms with E-state index >= 15 is 0 Å². The molecule has 1 aromatic carbocycles. The highest BCUT2D eigenvalue weighted by Gasteiger charge is 2.22. The fourth-order valence-corrected chi connectivity index (χ4v) is 2.11. The number of thiocarbonyl (C=S) groups is 1. The normalized spacial score (nSPS) is 12.4. The van der Waals surface area contributed by atoms with E-state index in [0.717, 1.165) is 11.1 Å². The Hall–Kier alpha value is -1.46. The highest BCUT2D eigenvalue weighted by molar-refractivity contribution is 7.80. The van der Waals surface area contributed by atoms with Crippen molar-refractivity contribution in [1.29, 1.82) is 0 Å². The van der Waals surface area contributed by atoms with Gasteiger partial charge in [0.1, 0.15) is 0 Å². The summed E-state index contributed by atoms with van der Waals surface area (Å²) in [5, 5.41) is 8.81. The topological polar surface area (TPSA) is 66.6 Å². The Kier molecular flexibility index (Phi) is 4.60. The van der Waals surface area contributed by atoms with Gasteiger partial charge in [0.15, 0.2) is 0 Å². The predicted octanol–water partition coefficient (Wildman–Crippen LogP) is 1.34. The van der Waals surface area contributed by atoms with Gasteiger partial charge in [0.25, 0.3) is 0 Å². The molecule has 0 bridgehead atoms. The number of carboxylic acid groups (broad SMARTS) is 1. The van der Waals surface area contributed by atoms with Crippen LogP contribution in [-0.4, -0.2) is 34.6 Å². The van der Waals surface area contributed by atoms with Crippen LogP contribution >= 0.6 is 12.2 Å². The van der Waals surface area contributed by atoms with Crippen molar-refractivity contribution in [3.05, 3.63) is 35.4 Å². The third-order valence-electron chi connectivity index (χ3n) is 2.58. The van der Waals surface area contributed by atoms with Gasteiger partial charge in [-0.1, -0.05) is 36.5 Å². The summed E-state index contributed by atoms with van der Waals surface area (Å²) in [6.45, 7) is 1.85. The van der Waals surface area contributed by atoms with Crippen molar-refractivity contribution >= 4 is 23.2 Å². The van der Waals surface area contributed by atoms with Crippen LogP contribution in [0, 0.1) is 6.92 Å². The molecule has 0 saturated heterocycles. The van der Waals surface area contributed by atoms with Crippen molar-refractivity contribution in [3.8, 4) is 0 Å². The molecule has 4 nitrogen and oxygen atoms in total. The van der Waals surface area contributed by atoms with Crippen LogP contribution in [-0.2, 0) is 4.79 Å². The lowest BCUT2D eigenvalue weighted by Crippen LogP contribution is -2.37. The summed E-state index contributed by atoms with van der Waals surface area (Å²) in [6, 6.07) is 7.34. The molecule has 3 N–H and O–H groups in total. The minimum Gasteiger partial charge on any atom is -0.480 e. The maximum Gasteiger partial charge on any atom is 0.317 e. The number of carbonyl (C=O) groups is 1. The molecule has 1 atom stereocenters. The minimum absolute atomic E-state index is 0.101. The number of nitrogens with two attached hydrogens (primary N) is 1. The first-order chi connectivity index (χ1) is 7.93. The molecule has 17 heavy (non-hydrogen) atoms. The van der Waals surface area contributed by atoms with E-state index in [9.17, 15) is 4.79 Å². The predicted molar refractivity (Wildman–Crippen MR) is 71.0 cm³/mol. The van der Waals surface area contributed by atoms with Crippen molar-refractivity contribution in [2.75, 3.05) is 13.6 Å². The van der Waals surface area contributed by atoms with E-state index in [2.05, 4.69) is 0 Å². The van der Waals surface area contributed by atoms with Gasteiger partial charge < -0.3 is 10.8 Å². The van der Waals surface area contributed by atoms with Gasteiger partial charge in [0, 0.05) is 0 Å². The van der Waals surface area contributed by atoms with E-state index < -0.39 is 5.97 Å². The molecule has 0 heterocycles. The number of aliphatic carboxylic acids is 1. The van der Waals surface area contributed by atoms with Gasteiger partial charge in [-0.2, -0.15) is 0 Å². The lowest BCUT2D eigenvalue weighted by molar-refractivity contribution is -0.138. The molecule has 0 aliphatic rings. The maximum atomic E-state index is 10.7. The number of carboxylic acids is 1. The Bertz CT molecular complexity index is 434. The first-order valence-electron chi connectivity index (χ1n) is 5.20. The summed E-state index contributed by atoms with van der Waals surface area (Å²) in [5.74, 6) is -0.901. The zero-order chi connectivity index (χ0) is 13.0. The highest BCUT2D eigenvalue weighted by Crippen LogP contribution is 2.22. The van der Waals surface area contributed by atoms with Gasteiger partial charge in [0.05, 0.1) is 17.6 Å². The molecular weight excluding hydrogens is 236 g/mol. The SMILES string of the molecule is Cc1ccccc1C(C(N)=S)N(C)CC(=O)O.